The molecule has 0 bridgehead atoms. The second kappa shape index (κ2) is 4.52. The maximum atomic E-state index is 12.9. The molecule has 0 unspecified atom stereocenters. The van der Waals surface area contributed by atoms with Gasteiger partial charge in [0, 0.05) is 13.0 Å². The van der Waals surface area contributed by atoms with Gasteiger partial charge in [0.2, 0.25) is 5.91 Å². The van der Waals surface area contributed by atoms with Crippen molar-refractivity contribution in [2.75, 3.05) is 11.4 Å². The fourth-order valence-corrected chi connectivity index (χ4v) is 1.76. The molecule has 1 aliphatic rings. The summed E-state index contributed by atoms with van der Waals surface area (Å²) in [5.74, 6) is -1.61. The third-order valence-corrected chi connectivity index (χ3v) is 2.61. The average Bonchev–Trinajstić information content (AvgIpc) is 2.28. The number of halogens is 4. The summed E-state index contributed by atoms with van der Waals surface area (Å²) in [6.07, 6.45) is -4.90. The molecule has 0 radical (unpaired) electrons. The monoisotopic (exact) mass is 276 g/mol. The number of imide groups is 1. The third kappa shape index (κ3) is 2.67. The third-order valence-electron chi connectivity index (χ3n) is 2.61. The maximum Gasteiger partial charge on any atom is 0.418 e. The van der Waals surface area contributed by atoms with E-state index in [2.05, 4.69) is 0 Å². The van der Waals surface area contributed by atoms with Crippen molar-refractivity contribution in [3.8, 4) is 0 Å². The van der Waals surface area contributed by atoms with Crippen molar-refractivity contribution in [3.63, 3.8) is 0 Å². The fourth-order valence-electron chi connectivity index (χ4n) is 1.76. The Bertz CT molecular complexity index is 542. The predicted octanol–water partition coefficient (Wildman–Crippen LogP) is 2.29. The summed E-state index contributed by atoms with van der Waals surface area (Å²) in [6, 6.07) is 1.06. The van der Waals surface area contributed by atoms with Gasteiger partial charge in [0.05, 0.1) is 11.3 Å². The van der Waals surface area contributed by atoms with Crippen molar-refractivity contribution in [1.82, 2.24) is 5.32 Å². The molecule has 1 aromatic rings. The molecule has 0 spiro atoms. The van der Waals surface area contributed by atoms with Gasteiger partial charge in [0.1, 0.15) is 5.82 Å². The van der Waals surface area contributed by atoms with Crippen molar-refractivity contribution >= 4 is 17.6 Å². The molecule has 0 aromatic heterocycles. The van der Waals surface area contributed by atoms with Gasteiger partial charge in [-0.1, -0.05) is 0 Å². The molecule has 102 valence electrons. The molecule has 1 aliphatic heterocycles. The first-order chi connectivity index (χ1) is 8.79. The first-order valence-electron chi connectivity index (χ1n) is 5.27. The maximum absolute atomic E-state index is 12.9. The van der Waals surface area contributed by atoms with Crippen LogP contribution in [-0.2, 0) is 11.0 Å². The van der Waals surface area contributed by atoms with Crippen LogP contribution in [0.15, 0.2) is 18.2 Å². The number of hydrogen-bond acceptors (Lipinski definition) is 2. The molecule has 3 amide bonds. The summed E-state index contributed by atoms with van der Waals surface area (Å²) in [4.78, 5) is 23.2. The van der Waals surface area contributed by atoms with E-state index >= 15 is 0 Å². The van der Waals surface area contributed by atoms with Crippen LogP contribution < -0.4 is 10.2 Å². The minimum atomic E-state index is -4.79. The SMILES string of the molecule is O=C1CCN(c2ccc(F)cc2C(F)(F)F)C(=O)N1. The van der Waals surface area contributed by atoms with Crippen molar-refractivity contribution in [3.05, 3.63) is 29.6 Å². The van der Waals surface area contributed by atoms with Crippen LogP contribution in [0.4, 0.5) is 28.0 Å². The van der Waals surface area contributed by atoms with Gasteiger partial charge in [0.15, 0.2) is 0 Å². The highest BCUT2D eigenvalue weighted by Gasteiger charge is 2.37. The van der Waals surface area contributed by atoms with Gasteiger partial charge >= 0.3 is 12.2 Å². The van der Waals surface area contributed by atoms with Gasteiger partial charge in [-0.15, -0.1) is 0 Å². The highest BCUT2D eigenvalue weighted by molar-refractivity contribution is 6.05. The Morgan fingerprint density at radius 1 is 1.21 bits per heavy atom. The summed E-state index contributed by atoms with van der Waals surface area (Å²) in [6.45, 7) is -0.181. The normalized spacial score (nSPS) is 16.5. The van der Waals surface area contributed by atoms with Gasteiger partial charge < -0.3 is 0 Å². The molecule has 8 heteroatoms. The van der Waals surface area contributed by atoms with Gasteiger partial charge in [0.25, 0.3) is 0 Å². The predicted molar refractivity (Wildman–Crippen MR) is 56.9 cm³/mol. The summed E-state index contributed by atoms with van der Waals surface area (Å²) < 4.78 is 51.3. The second-order valence-corrected chi connectivity index (χ2v) is 3.91. The van der Waals surface area contributed by atoms with Crippen molar-refractivity contribution in [2.24, 2.45) is 0 Å². The number of carbonyl (C=O) groups is 2. The van der Waals surface area contributed by atoms with E-state index in [4.69, 9.17) is 0 Å². The summed E-state index contributed by atoms with van der Waals surface area (Å²) in [5.41, 5.74) is -1.73. The van der Waals surface area contributed by atoms with Crippen LogP contribution in [0.5, 0.6) is 0 Å². The van der Waals surface area contributed by atoms with Crippen LogP contribution >= 0.6 is 0 Å². The van der Waals surface area contributed by atoms with Crippen molar-refractivity contribution < 1.29 is 27.2 Å². The van der Waals surface area contributed by atoms with Gasteiger partial charge in [-0.2, -0.15) is 13.2 Å². The van der Waals surface area contributed by atoms with Crippen LogP contribution in [0.2, 0.25) is 0 Å². The molecule has 1 fully saturated rings. The fraction of sp³-hybridized carbons (Fsp3) is 0.273. The number of nitrogens with zero attached hydrogens (tertiary/aromatic N) is 1. The molecule has 1 heterocycles. The van der Waals surface area contributed by atoms with E-state index in [0.29, 0.717) is 6.07 Å². The van der Waals surface area contributed by atoms with Crippen LogP contribution in [0, 0.1) is 5.82 Å². The Kier molecular flexibility index (Phi) is 3.17. The molecule has 1 N–H and O–H groups in total. The Labute approximate surface area is 105 Å². The number of rotatable bonds is 1. The van der Waals surface area contributed by atoms with E-state index < -0.39 is 35.2 Å². The molecule has 2 rings (SSSR count). The topological polar surface area (TPSA) is 49.4 Å². The lowest BCUT2D eigenvalue weighted by molar-refractivity contribution is -0.137. The zero-order valence-corrected chi connectivity index (χ0v) is 9.42. The number of alkyl halides is 3. The number of amides is 3. The minimum Gasteiger partial charge on any atom is -0.293 e. The second-order valence-electron chi connectivity index (χ2n) is 3.91. The quantitative estimate of drug-likeness (QED) is 0.800. The van der Waals surface area contributed by atoms with E-state index in [1.54, 1.807) is 0 Å². The molecular weight excluding hydrogens is 268 g/mol. The van der Waals surface area contributed by atoms with E-state index in [-0.39, 0.29) is 13.0 Å². The van der Waals surface area contributed by atoms with Crippen LogP contribution in [0.3, 0.4) is 0 Å². The smallest absolute Gasteiger partial charge is 0.293 e. The largest absolute Gasteiger partial charge is 0.418 e. The Hall–Kier alpha value is -2.12. The zero-order valence-electron chi connectivity index (χ0n) is 9.42. The Balaban J connectivity index is 2.45. The Morgan fingerprint density at radius 2 is 1.89 bits per heavy atom. The number of carbonyl (C=O) groups excluding carboxylic acids is 2. The Morgan fingerprint density at radius 3 is 2.47 bits per heavy atom. The van der Waals surface area contributed by atoms with Crippen LogP contribution in [-0.4, -0.2) is 18.5 Å². The lowest BCUT2D eigenvalue weighted by Crippen LogP contribution is -2.50. The first-order valence-corrected chi connectivity index (χ1v) is 5.27. The number of nitrogens with one attached hydrogen (secondary N) is 1. The van der Waals surface area contributed by atoms with Crippen LogP contribution in [0.1, 0.15) is 12.0 Å². The highest BCUT2D eigenvalue weighted by Crippen LogP contribution is 2.37. The van der Waals surface area contributed by atoms with Crippen molar-refractivity contribution in [2.45, 2.75) is 12.6 Å². The number of hydrogen-bond donors (Lipinski definition) is 1. The summed E-state index contributed by atoms with van der Waals surface area (Å²) in [7, 11) is 0. The lowest BCUT2D eigenvalue weighted by atomic mass is 10.1. The molecule has 4 nitrogen and oxygen atoms in total. The number of benzene rings is 1. The number of anilines is 1. The first kappa shape index (κ1) is 13.3. The molecule has 1 saturated heterocycles. The van der Waals surface area contributed by atoms with E-state index in [1.807, 2.05) is 5.32 Å². The number of urea groups is 1. The molecule has 0 aliphatic carbocycles. The van der Waals surface area contributed by atoms with E-state index in [0.717, 1.165) is 17.0 Å². The molecule has 1 aromatic carbocycles. The molecule has 0 atom stereocenters. The summed E-state index contributed by atoms with van der Waals surface area (Å²) >= 11 is 0. The lowest BCUT2D eigenvalue weighted by Gasteiger charge is -2.28. The molecular formula is C11H8F4N2O2. The molecule has 19 heavy (non-hydrogen) atoms. The van der Waals surface area contributed by atoms with Crippen LogP contribution in [0.25, 0.3) is 0 Å². The van der Waals surface area contributed by atoms with Gasteiger partial charge in [-0.05, 0) is 18.2 Å². The average molecular weight is 276 g/mol. The highest BCUT2D eigenvalue weighted by atomic mass is 19.4. The summed E-state index contributed by atoms with van der Waals surface area (Å²) in [5, 5.41) is 1.91. The minimum absolute atomic E-state index is 0.111. The standard InChI is InChI=1S/C11H8F4N2O2/c12-6-1-2-8(7(5-6)11(13,14)15)17-4-3-9(18)16-10(17)19/h1-2,5H,3-4H2,(H,16,18,19). The van der Waals surface area contributed by atoms with E-state index in [1.165, 1.54) is 0 Å². The zero-order chi connectivity index (χ0) is 14.2. The van der Waals surface area contributed by atoms with Gasteiger partial charge in [-0.3, -0.25) is 15.0 Å². The molecule has 0 saturated carbocycles. The van der Waals surface area contributed by atoms with Crippen molar-refractivity contribution in [1.29, 1.82) is 0 Å². The van der Waals surface area contributed by atoms with E-state index in [9.17, 15) is 27.2 Å². The van der Waals surface area contributed by atoms with Gasteiger partial charge in [-0.25, -0.2) is 9.18 Å².